The van der Waals surface area contributed by atoms with Gasteiger partial charge in [0.05, 0.1) is 24.8 Å². The zero-order chi connectivity index (χ0) is 13.7. The molecule has 0 aromatic heterocycles. The molecule has 0 spiro atoms. The Morgan fingerprint density at radius 1 is 1.37 bits per heavy atom. The van der Waals surface area contributed by atoms with Crippen molar-refractivity contribution in [2.45, 2.75) is 12.8 Å². The first kappa shape index (κ1) is 14.6. The van der Waals surface area contributed by atoms with Crippen LogP contribution in [-0.4, -0.2) is 50.0 Å². The minimum Gasteiger partial charge on any atom is -0.503 e. The van der Waals surface area contributed by atoms with E-state index in [9.17, 15) is 5.11 Å². The van der Waals surface area contributed by atoms with Crippen molar-refractivity contribution in [1.29, 1.82) is 0 Å². The van der Waals surface area contributed by atoms with E-state index in [4.69, 9.17) is 9.47 Å². The molecule has 0 unspecified atom stereocenters. The van der Waals surface area contributed by atoms with Gasteiger partial charge in [-0.25, -0.2) is 0 Å². The molecule has 1 N–H and O–H groups in total. The van der Waals surface area contributed by atoms with Crippen LogP contribution in [-0.2, 0) is 11.2 Å². The zero-order valence-electron chi connectivity index (χ0n) is 11.2. The van der Waals surface area contributed by atoms with Gasteiger partial charge in [0.1, 0.15) is 0 Å². The molecule has 1 aliphatic heterocycles. The number of halogens is 1. The average Bonchev–Trinajstić information content (AvgIpc) is 2.45. The van der Waals surface area contributed by atoms with Crippen LogP contribution in [0.2, 0.25) is 0 Å². The topological polar surface area (TPSA) is 41.9 Å². The van der Waals surface area contributed by atoms with Gasteiger partial charge in [0.2, 0.25) is 0 Å². The average molecular weight is 330 g/mol. The van der Waals surface area contributed by atoms with Crippen LogP contribution in [0.3, 0.4) is 0 Å². The third-order valence-corrected chi connectivity index (χ3v) is 4.29. The Hall–Kier alpha value is -0.780. The van der Waals surface area contributed by atoms with Crippen molar-refractivity contribution in [3.05, 3.63) is 22.2 Å². The number of ether oxygens (including phenoxy) is 2. The lowest BCUT2D eigenvalue weighted by Crippen LogP contribution is -2.36. The molecule has 0 radical (unpaired) electrons. The molecule has 0 atom stereocenters. The molecule has 2 rings (SSSR count). The summed E-state index contributed by atoms with van der Waals surface area (Å²) in [4.78, 5) is 2.42. The summed E-state index contributed by atoms with van der Waals surface area (Å²) >= 11 is 3.43. The van der Waals surface area contributed by atoms with Gasteiger partial charge in [-0.3, -0.25) is 4.90 Å². The maximum absolute atomic E-state index is 9.93. The Kier molecular flexibility index (Phi) is 5.48. The highest BCUT2D eigenvalue weighted by molar-refractivity contribution is 9.10. The molecular weight excluding hydrogens is 310 g/mol. The predicted octanol–water partition coefficient (Wildman–Crippen LogP) is 2.43. The molecule has 106 valence electrons. The summed E-state index contributed by atoms with van der Waals surface area (Å²) in [5.41, 5.74) is 1.12. The van der Waals surface area contributed by atoms with Crippen LogP contribution in [0.1, 0.15) is 12.0 Å². The van der Waals surface area contributed by atoms with E-state index in [2.05, 4.69) is 20.8 Å². The Labute approximate surface area is 122 Å². The Balaban J connectivity index is 1.87. The van der Waals surface area contributed by atoms with E-state index < -0.39 is 0 Å². The van der Waals surface area contributed by atoms with Gasteiger partial charge in [0.25, 0.3) is 0 Å². The molecule has 4 nitrogen and oxygen atoms in total. The van der Waals surface area contributed by atoms with Crippen LogP contribution in [0.4, 0.5) is 0 Å². The Bertz CT molecular complexity index is 419. The number of morpholine rings is 1. The van der Waals surface area contributed by atoms with Crippen LogP contribution < -0.4 is 4.74 Å². The summed E-state index contributed by atoms with van der Waals surface area (Å²) in [6.07, 6.45) is 2.01. The molecule has 0 saturated carbocycles. The normalized spacial score (nSPS) is 16.5. The van der Waals surface area contributed by atoms with Gasteiger partial charge in [-0.05, 0) is 46.9 Å². The first-order valence-corrected chi connectivity index (χ1v) is 7.36. The summed E-state index contributed by atoms with van der Waals surface area (Å²) in [6, 6.07) is 3.81. The van der Waals surface area contributed by atoms with Gasteiger partial charge in [0, 0.05) is 13.1 Å². The van der Waals surface area contributed by atoms with Crippen LogP contribution in [0.5, 0.6) is 11.5 Å². The molecule has 0 bridgehead atoms. The van der Waals surface area contributed by atoms with Crippen molar-refractivity contribution in [3.63, 3.8) is 0 Å². The third-order valence-electron chi connectivity index (χ3n) is 3.40. The maximum atomic E-state index is 9.93. The van der Waals surface area contributed by atoms with E-state index in [1.165, 1.54) is 0 Å². The minimum atomic E-state index is 0.186. The monoisotopic (exact) mass is 329 g/mol. The molecule has 0 amide bonds. The van der Waals surface area contributed by atoms with Gasteiger partial charge in [-0.2, -0.15) is 0 Å². The lowest BCUT2D eigenvalue weighted by Gasteiger charge is -2.26. The maximum Gasteiger partial charge on any atom is 0.172 e. The number of aromatic hydroxyl groups is 1. The molecule has 1 saturated heterocycles. The number of aryl methyl sites for hydroxylation is 1. The predicted molar refractivity (Wildman–Crippen MR) is 77.9 cm³/mol. The van der Waals surface area contributed by atoms with Crippen LogP contribution in [0, 0.1) is 0 Å². The second kappa shape index (κ2) is 7.12. The molecule has 19 heavy (non-hydrogen) atoms. The van der Waals surface area contributed by atoms with Crippen molar-refractivity contribution < 1.29 is 14.6 Å². The summed E-state index contributed by atoms with van der Waals surface area (Å²) in [5.74, 6) is 0.690. The number of benzene rings is 1. The lowest BCUT2D eigenvalue weighted by atomic mass is 10.1. The standard InChI is InChI=1S/C14H20BrNO3/c1-18-12-5-4-11(13(15)14(12)17)3-2-6-16-7-9-19-10-8-16/h4-5,17H,2-3,6-10H2,1H3. The first-order chi connectivity index (χ1) is 9.22. The number of methoxy groups -OCH3 is 1. The Morgan fingerprint density at radius 2 is 2.11 bits per heavy atom. The lowest BCUT2D eigenvalue weighted by molar-refractivity contribution is 0.0374. The number of nitrogens with zero attached hydrogens (tertiary/aromatic N) is 1. The highest BCUT2D eigenvalue weighted by Gasteiger charge is 2.12. The van der Waals surface area contributed by atoms with Crippen molar-refractivity contribution in [2.24, 2.45) is 0 Å². The van der Waals surface area contributed by atoms with Crippen molar-refractivity contribution in [1.82, 2.24) is 4.90 Å². The molecule has 0 aliphatic carbocycles. The van der Waals surface area contributed by atoms with E-state index in [-0.39, 0.29) is 5.75 Å². The van der Waals surface area contributed by atoms with Crippen LogP contribution >= 0.6 is 15.9 Å². The molecule has 1 heterocycles. The van der Waals surface area contributed by atoms with E-state index in [0.717, 1.165) is 55.7 Å². The summed E-state index contributed by atoms with van der Waals surface area (Å²) < 4.78 is 11.2. The molecule has 1 aromatic rings. The molecule has 5 heteroatoms. The summed E-state index contributed by atoms with van der Waals surface area (Å²) in [7, 11) is 1.56. The van der Waals surface area contributed by atoms with Gasteiger partial charge in [0.15, 0.2) is 11.5 Å². The number of rotatable bonds is 5. The smallest absolute Gasteiger partial charge is 0.172 e. The molecular formula is C14H20BrNO3. The fourth-order valence-electron chi connectivity index (χ4n) is 2.26. The van der Waals surface area contributed by atoms with E-state index in [1.807, 2.05) is 12.1 Å². The summed E-state index contributed by atoms with van der Waals surface area (Å²) in [5, 5.41) is 9.93. The highest BCUT2D eigenvalue weighted by atomic mass is 79.9. The van der Waals surface area contributed by atoms with E-state index in [1.54, 1.807) is 7.11 Å². The summed E-state index contributed by atoms with van der Waals surface area (Å²) in [6.45, 7) is 4.80. The van der Waals surface area contributed by atoms with Gasteiger partial charge in [-0.1, -0.05) is 6.07 Å². The minimum absolute atomic E-state index is 0.186. The Morgan fingerprint density at radius 3 is 2.79 bits per heavy atom. The van der Waals surface area contributed by atoms with Crippen LogP contribution in [0.25, 0.3) is 0 Å². The zero-order valence-corrected chi connectivity index (χ0v) is 12.8. The van der Waals surface area contributed by atoms with Crippen LogP contribution in [0.15, 0.2) is 16.6 Å². The third kappa shape index (κ3) is 3.84. The number of phenols is 1. The fourth-order valence-corrected chi connectivity index (χ4v) is 2.79. The highest BCUT2D eigenvalue weighted by Crippen LogP contribution is 2.36. The number of hydrogen-bond donors (Lipinski definition) is 1. The van der Waals surface area contributed by atoms with E-state index in [0.29, 0.717) is 5.75 Å². The first-order valence-electron chi connectivity index (χ1n) is 6.57. The van der Waals surface area contributed by atoms with Crippen molar-refractivity contribution >= 4 is 15.9 Å². The van der Waals surface area contributed by atoms with Gasteiger partial charge in [-0.15, -0.1) is 0 Å². The fraction of sp³-hybridized carbons (Fsp3) is 0.571. The van der Waals surface area contributed by atoms with E-state index >= 15 is 0 Å². The second-order valence-electron chi connectivity index (χ2n) is 4.65. The molecule has 1 aromatic carbocycles. The largest absolute Gasteiger partial charge is 0.503 e. The molecule has 1 fully saturated rings. The molecule has 1 aliphatic rings. The van der Waals surface area contributed by atoms with Crippen molar-refractivity contribution in [2.75, 3.05) is 40.0 Å². The van der Waals surface area contributed by atoms with Gasteiger partial charge < -0.3 is 14.6 Å². The quantitative estimate of drug-likeness (QED) is 0.900. The van der Waals surface area contributed by atoms with Gasteiger partial charge >= 0.3 is 0 Å². The SMILES string of the molecule is COc1ccc(CCCN2CCOCC2)c(Br)c1O. The van der Waals surface area contributed by atoms with Crippen molar-refractivity contribution in [3.8, 4) is 11.5 Å². The number of phenolic OH excluding ortho intramolecular Hbond substituents is 1. The second-order valence-corrected chi connectivity index (χ2v) is 5.44. The number of hydrogen-bond acceptors (Lipinski definition) is 4.